The first-order valence-corrected chi connectivity index (χ1v) is 14.9. The number of aromatic nitrogens is 5. The molecular formula is C26H33F2N9O3S. The summed E-state index contributed by atoms with van der Waals surface area (Å²) in [4.78, 5) is 39.3. The van der Waals surface area contributed by atoms with Crippen molar-refractivity contribution >= 4 is 40.6 Å². The molecule has 1 aromatic carbocycles. The summed E-state index contributed by atoms with van der Waals surface area (Å²) in [7, 11) is 1.48. The van der Waals surface area contributed by atoms with Gasteiger partial charge in [-0.05, 0) is 12.1 Å². The Balaban J connectivity index is 1.31. The average Bonchev–Trinajstić information content (AvgIpc) is 3.42. The standard InChI is InChI=1S/C26H33F2N9O3S/c1-39-19-4-2-3-18-21(19)29-23(22(27)28)37(18)26-31-24(30-25(32-26)36-9-13-40-14-10-36)35-7-5-34(6-8-35)20(38)17-33-11-15-41-16-12-33/h2-4,22H,5-17H2,1H3. The van der Waals surface area contributed by atoms with E-state index in [0.29, 0.717) is 87.7 Å². The third kappa shape index (κ3) is 5.88. The van der Waals surface area contributed by atoms with E-state index in [4.69, 9.17) is 14.5 Å². The van der Waals surface area contributed by atoms with Crippen LogP contribution in [-0.2, 0) is 9.53 Å². The minimum Gasteiger partial charge on any atom is -0.494 e. The first kappa shape index (κ1) is 27.8. The Morgan fingerprint density at radius 2 is 1.59 bits per heavy atom. The highest BCUT2D eigenvalue weighted by Crippen LogP contribution is 2.32. The van der Waals surface area contributed by atoms with Crippen molar-refractivity contribution in [2.24, 2.45) is 0 Å². The molecule has 3 saturated heterocycles. The minimum atomic E-state index is -2.87. The van der Waals surface area contributed by atoms with Crippen molar-refractivity contribution in [1.29, 1.82) is 0 Å². The number of nitrogens with zero attached hydrogens (tertiary/aromatic N) is 9. The molecule has 0 radical (unpaired) electrons. The third-order valence-electron chi connectivity index (χ3n) is 7.56. The summed E-state index contributed by atoms with van der Waals surface area (Å²) in [5.41, 5.74) is 0.718. The number of thioether (sulfide) groups is 1. The number of carbonyl (C=O) groups excluding carboxylic acids is 1. The Kier molecular flexibility index (Phi) is 8.35. The van der Waals surface area contributed by atoms with Crippen LogP contribution in [0.25, 0.3) is 17.0 Å². The Morgan fingerprint density at radius 1 is 0.927 bits per heavy atom. The number of hydrogen-bond donors (Lipinski definition) is 0. The van der Waals surface area contributed by atoms with Gasteiger partial charge in [-0.3, -0.25) is 14.3 Å². The van der Waals surface area contributed by atoms with E-state index < -0.39 is 12.2 Å². The first-order chi connectivity index (χ1) is 20.0. The quantitative estimate of drug-likeness (QED) is 0.402. The van der Waals surface area contributed by atoms with Crippen LogP contribution >= 0.6 is 11.8 Å². The van der Waals surface area contributed by atoms with Crippen molar-refractivity contribution in [2.45, 2.75) is 6.43 Å². The molecule has 1 amide bonds. The van der Waals surface area contributed by atoms with Crippen LogP contribution in [0, 0.1) is 0 Å². The van der Waals surface area contributed by atoms with E-state index in [-0.39, 0.29) is 11.9 Å². The molecule has 0 bridgehead atoms. The maximum Gasteiger partial charge on any atom is 0.296 e. The monoisotopic (exact) mass is 589 g/mol. The number of para-hydroxylation sites is 1. The van der Waals surface area contributed by atoms with Gasteiger partial charge in [0.15, 0.2) is 5.82 Å². The number of piperazine rings is 1. The van der Waals surface area contributed by atoms with Gasteiger partial charge < -0.3 is 24.2 Å². The molecular weight excluding hydrogens is 556 g/mol. The number of hydrogen-bond acceptors (Lipinski definition) is 11. The number of benzene rings is 1. The number of rotatable bonds is 7. The topological polar surface area (TPSA) is 105 Å². The van der Waals surface area contributed by atoms with Gasteiger partial charge in [0.05, 0.1) is 32.4 Å². The smallest absolute Gasteiger partial charge is 0.296 e. The molecule has 3 fully saturated rings. The number of halogens is 2. The molecule has 0 N–H and O–H groups in total. The number of anilines is 2. The minimum absolute atomic E-state index is 0.0593. The second-order valence-electron chi connectivity index (χ2n) is 10.0. The zero-order chi connectivity index (χ0) is 28.3. The number of fused-ring (bicyclic) bond motifs is 1. The molecule has 0 spiro atoms. The lowest BCUT2D eigenvalue weighted by Crippen LogP contribution is -2.52. The summed E-state index contributed by atoms with van der Waals surface area (Å²) in [6.45, 7) is 6.58. The highest BCUT2D eigenvalue weighted by molar-refractivity contribution is 7.99. The average molecular weight is 590 g/mol. The molecule has 0 aliphatic carbocycles. The molecule has 2 aromatic heterocycles. The summed E-state index contributed by atoms with van der Waals surface area (Å²) < 4.78 is 40.8. The van der Waals surface area contributed by atoms with Crippen LogP contribution in [0.1, 0.15) is 12.2 Å². The van der Waals surface area contributed by atoms with Gasteiger partial charge in [-0.1, -0.05) is 6.07 Å². The molecule has 6 rings (SSSR count). The Bertz CT molecular complexity index is 1370. The number of amides is 1. The molecule has 41 heavy (non-hydrogen) atoms. The lowest BCUT2D eigenvalue weighted by atomic mass is 10.3. The second kappa shape index (κ2) is 12.3. The van der Waals surface area contributed by atoms with Gasteiger partial charge in [-0.25, -0.2) is 13.8 Å². The van der Waals surface area contributed by atoms with Crippen LogP contribution in [-0.4, -0.2) is 131 Å². The molecule has 0 saturated carbocycles. The van der Waals surface area contributed by atoms with Gasteiger partial charge in [-0.2, -0.15) is 26.7 Å². The fraction of sp³-hybridized carbons (Fsp3) is 0.577. The van der Waals surface area contributed by atoms with Crippen LogP contribution in [0.3, 0.4) is 0 Å². The lowest BCUT2D eigenvalue weighted by Gasteiger charge is -2.36. The summed E-state index contributed by atoms with van der Waals surface area (Å²) >= 11 is 1.92. The summed E-state index contributed by atoms with van der Waals surface area (Å²) in [6, 6.07) is 5.09. The van der Waals surface area contributed by atoms with Crippen molar-refractivity contribution < 1.29 is 23.0 Å². The van der Waals surface area contributed by atoms with Gasteiger partial charge in [-0.15, -0.1) is 0 Å². The van der Waals surface area contributed by atoms with Crippen molar-refractivity contribution in [3.63, 3.8) is 0 Å². The number of methoxy groups -OCH3 is 1. The van der Waals surface area contributed by atoms with Crippen LogP contribution in [0.4, 0.5) is 20.7 Å². The predicted molar refractivity (Wildman–Crippen MR) is 152 cm³/mol. The Morgan fingerprint density at radius 3 is 2.24 bits per heavy atom. The van der Waals surface area contributed by atoms with E-state index in [9.17, 15) is 13.6 Å². The Labute approximate surface area is 240 Å². The largest absolute Gasteiger partial charge is 0.494 e. The molecule has 15 heteroatoms. The molecule has 0 unspecified atom stereocenters. The molecule has 3 aliphatic heterocycles. The summed E-state index contributed by atoms with van der Waals surface area (Å²) in [5, 5.41) is 0. The molecule has 220 valence electrons. The fourth-order valence-electron chi connectivity index (χ4n) is 5.31. The van der Waals surface area contributed by atoms with Crippen molar-refractivity contribution in [2.75, 3.05) is 101 Å². The first-order valence-electron chi connectivity index (χ1n) is 13.8. The van der Waals surface area contributed by atoms with Crippen molar-refractivity contribution in [1.82, 2.24) is 34.3 Å². The van der Waals surface area contributed by atoms with Gasteiger partial charge >= 0.3 is 0 Å². The molecule has 3 aliphatic rings. The van der Waals surface area contributed by atoms with Crippen LogP contribution < -0.4 is 14.5 Å². The highest BCUT2D eigenvalue weighted by atomic mass is 32.2. The molecule has 5 heterocycles. The zero-order valence-corrected chi connectivity index (χ0v) is 23.7. The van der Waals surface area contributed by atoms with Gasteiger partial charge in [0, 0.05) is 63.9 Å². The Hall–Kier alpha value is -3.30. The van der Waals surface area contributed by atoms with Gasteiger partial charge in [0.2, 0.25) is 23.8 Å². The summed E-state index contributed by atoms with van der Waals surface area (Å²) in [5.74, 6) is 2.98. The van der Waals surface area contributed by atoms with Gasteiger partial charge in [0.1, 0.15) is 11.3 Å². The van der Waals surface area contributed by atoms with E-state index >= 15 is 0 Å². The van der Waals surface area contributed by atoms with E-state index in [0.717, 1.165) is 24.6 Å². The number of ether oxygens (including phenoxy) is 2. The van der Waals surface area contributed by atoms with E-state index in [1.165, 1.54) is 11.7 Å². The number of morpholine rings is 1. The summed E-state index contributed by atoms with van der Waals surface area (Å²) in [6.07, 6.45) is -2.87. The van der Waals surface area contributed by atoms with Crippen LogP contribution in [0.15, 0.2) is 18.2 Å². The zero-order valence-electron chi connectivity index (χ0n) is 22.9. The molecule has 0 atom stereocenters. The van der Waals surface area contributed by atoms with E-state index in [1.807, 2.05) is 26.5 Å². The van der Waals surface area contributed by atoms with Crippen LogP contribution in [0.2, 0.25) is 0 Å². The van der Waals surface area contributed by atoms with E-state index in [1.54, 1.807) is 18.2 Å². The normalized spacial score (nSPS) is 18.9. The number of alkyl halides is 2. The maximum atomic E-state index is 14.3. The molecule has 3 aromatic rings. The van der Waals surface area contributed by atoms with Gasteiger partial charge in [0.25, 0.3) is 6.43 Å². The van der Waals surface area contributed by atoms with Crippen molar-refractivity contribution in [3.05, 3.63) is 24.0 Å². The second-order valence-corrected chi connectivity index (χ2v) is 11.3. The van der Waals surface area contributed by atoms with Crippen LogP contribution in [0.5, 0.6) is 5.75 Å². The van der Waals surface area contributed by atoms with Crippen molar-refractivity contribution in [3.8, 4) is 11.7 Å². The SMILES string of the molecule is COc1cccc2c1nc(C(F)F)n2-c1nc(N2CCOCC2)nc(N2CCN(C(=O)CN3CCSCC3)CC2)n1. The number of carbonyl (C=O) groups is 1. The number of imidazole rings is 1. The lowest BCUT2D eigenvalue weighted by molar-refractivity contribution is -0.132. The fourth-order valence-corrected chi connectivity index (χ4v) is 6.29. The van der Waals surface area contributed by atoms with E-state index in [2.05, 4.69) is 19.9 Å². The maximum absolute atomic E-state index is 14.3. The highest BCUT2D eigenvalue weighted by Gasteiger charge is 2.29. The molecule has 12 nitrogen and oxygen atoms in total. The third-order valence-corrected chi connectivity index (χ3v) is 8.50. The predicted octanol–water partition coefficient (Wildman–Crippen LogP) is 1.69.